The first-order valence-corrected chi connectivity index (χ1v) is 7.35. The van der Waals surface area contributed by atoms with Crippen LogP contribution in [-0.4, -0.2) is 12.4 Å². The summed E-state index contributed by atoms with van der Waals surface area (Å²) in [5.41, 5.74) is -5.28. The van der Waals surface area contributed by atoms with Crippen molar-refractivity contribution < 1.29 is 49.0 Å². The van der Waals surface area contributed by atoms with E-state index in [2.05, 4.69) is 0 Å². The molecule has 0 saturated carbocycles. The van der Waals surface area contributed by atoms with Crippen LogP contribution < -0.4 is 0 Å². The SMILES string of the molecule is [O]C(c1cccc(C(F)(F)C(F)(F)F)c1)c1ccccc1C(F)(F)C(F)(F)F. The van der Waals surface area contributed by atoms with Crippen LogP contribution in [0.1, 0.15) is 28.4 Å². The van der Waals surface area contributed by atoms with Crippen LogP contribution in [0.5, 0.6) is 0 Å². The molecule has 0 heterocycles. The van der Waals surface area contributed by atoms with E-state index in [9.17, 15) is 49.0 Å². The average Bonchev–Trinajstić information content (AvgIpc) is 2.59. The smallest absolute Gasteiger partial charge is 0.223 e. The molecule has 0 aliphatic heterocycles. The van der Waals surface area contributed by atoms with E-state index in [0.717, 1.165) is 18.2 Å². The molecule has 0 amide bonds. The highest BCUT2D eigenvalue weighted by atomic mass is 19.4. The summed E-state index contributed by atoms with van der Waals surface area (Å²) in [6, 6.07) is 4.64. The number of benzene rings is 2. The van der Waals surface area contributed by atoms with Gasteiger partial charge in [0.1, 0.15) is 6.10 Å². The lowest BCUT2D eigenvalue weighted by molar-refractivity contribution is -0.290. The second-order valence-corrected chi connectivity index (χ2v) is 5.74. The maximum atomic E-state index is 13.7. The molecule has 0 bridgehead atoms. The molecule has 0 aliphatic rings. The number of hydrogen-bond acceptors (Lipinski definition) is 0. The van der Waals surface area contributed by atoms with Gasteiger partial charge < -0.3 is 0 Å². The molecule has 2 aromatic carbocycles. The number of hydrogen-bond donors (Lipinski definition) is 0. The molecule has 0 aromatic heterocycles. The zero-order valence-electron chi connectivity index (χ0n) is 13.4. The predicted octanol–water partition coefficient (Wildman–Crippen LogP) is 6.51. The van der Waals surface area contributed by atoms with Gasteiger partial charge in [-0.2, -0.15) is 43.9 Å². The zero-order chi connectivity index (χ0) is 21.5. The highest BCUT2D eigenvalue weighted by Gasteiger charge is 2.60. The van der Waals surface area contributed by atoms with E-state index in [1.807, 2.05) is 0 Å². The lowest BCUT2D eigenvalue weighted by Crippen LogP contribution is -2.35. The van der Waals surface area contributed by atoms with Crippen molar-refractivity contribution in [3.05, 3.63) is 70.8 Å². The molecular weight excluding hydrogens is 410 g/mol. The summed E-state index contributed by atoms with van der Waals surface area (Å²) < 4.78 is 130. The first-order valence-electron chi connectivity index (χ1n) is 7.35. The highest BCUT2D eigenvalue weighted by molar-refractivity contribution is 5.40. The van der Waals surface area contributed by atoms with E-state index in [1.165, 1.54) is 0 Å². The van der Waals surface area contributed by atoms with Gasteiger partial charge in [0.15, 0.2) is 0 Å². The van der Waals surface area contributed by atoms with Gasteiger partial charge in [-0.05, 0) is 17.2 Å². The molecule has 2 aromatic rings. The highest BCUT2D eigenvalue weighted by Crippen LogP contribution is 2.47. The topological polar surface area (TPSA) is 19.9 Å². The lowest BCUT2D eigenvalue weighted by atomic mass is 9.92. The van der Waals surface area contributed by atoms with Crippen molar-refractivity contribution in [2.45, 2.75) is 30.3 Å². The molecule has 0 aliphatic carbocycles. The Balaban J connectivity index is 2.56. The lowest BCUT2D eigenvalue weighted by Gasteiger charge is -2.24. The first-order chi connectivity index (χ1) is 12.6. The van der Waals surface area contributed by atoms with Gasteiger partial charge in [0.25, 0.3) is 0 Å². The van der Waals surface area contributed by atoms with Gasteiger partial charge in [-0.3, -0.25) is 0 Å². The van der Waals surface area contributed by atoms with E-state index in [1.54, 1.807) is 0 Å². The third-order valence-electron chi connectivity index (χ3n) is 3.85. The standard InChI is InChI=1S/C17H9F10O/c18-14(19,16(22,23)24)10-5-3-4-9(8-10)13(28)11-6-1-2-7-12(11)15(20,21)17(25,26)27/h1-8,13H. The third-order valence-corrected chi connectivity index (χ3v) is 3.85. The van der Waals surface area contributed by atoms with Crippen LogP contribution in [0.25, 0.3) is 0 Å². The second-order valence-electron chi connectivity index (χ2n) is 5.74. The zero-order valence-corrected chi connectivity index (χ0v) is 13.4. The van der Waals surface area contributed by atoms with Crippen molar-refractivity contribution in [1.82, 2.24) is 0 Å². The Hall–Kier alpha value is -2.30. The molecule has 1 nitrogen and oxygen atoms in total. The van der Waals surface area contributed by atoms with E-state index in [0.29, 0.717) is 24.3 Å². The average molecular weight is 419 g/mol. The van der Waals surface area contributed by atoms with Gasteiger partial charge >= 0.3 is 24.2 Å². The third kappa shape index (κ3) is 3.80. The van der Waals surface area contributed by atoms with Crippen LogP contribution in [0.2, 0.25) is 0 Å². The molecule has 0 saturated heterocycles. The second kappa shape index (κ2) is 6.94. The minimum absolute atomic E-state index is 0.133. The van der Waals surface area contributed by atoms with Gasteiger partial charge in [-0.25, -0.2) is 5.11 Å². The van der Waals surface area contributed by atoms with Gasteiger partial charge in [-0.1, -0.05) is 42.5 Å². The Morgan fingerprint density at radius 3 is 1.71 bits per heavy atom. The van der Waals surface area contributed by atoms with E-state index in [-0.39, 0.29) is 6.07 Å². The summed E-state index contributed by atoms with van der Waals surface area (Å²) in [6.07, 6.45) is -14.6. The number of rotatable bonds is 4. The van der Waals surface area contributed by atoms with Crippen molar-refractivity contribution in [1.29, 1.82) is 0 Å². The van der Waals surface area contributed by atoms with Gasteiger partial charge in [0.2, 0.25) is 0 Å². The summed E-state index contributed by atoms with van der Waals surface area (Å²) >= 11 is 0. The minimum atomic E-state index is -6.05. The van der Waals surface area contributed by atoms with E-state index < -0.39 is 52.6 Å². The fraction of sp³-hybridized carbons (Fsp3) is 0.294. The molecule has 1 atom stereocenters. The Bertz CT molecular complexity index is 838. The minimum Gasteiger partial charge on any atom is -0.223 e. The maximum absolute atomic E-state index is 13.7. The summed E-state index contributed by atoms with van der Waals surface area (Å²) in [5.74, 6) is -10.8. The van der Waals surface area contributed by atoms with Crippen LogP contribution in [-0.2, 0) is 17.0 Å². The van der Waals surface area contributed by atoms with Crippen LogP contribution in [0.3, 0.4) is 0 Å². The quantitative estimate of drug-likeness (QED) is 0.504. The van der Waals surface area contributed by atoms with Crippen molar-refractivity contribution in [3.8, 4) is 0 Å². The Morgan fingerprint density at radius 1 is 0.643 bits per heavy atom. The molecule has 2 rings (SSSR count). The number of alkyl halides is 10. The van der Waals surface area contributed by atoms with Crippen LogP contribution in [0.4, 0.5) is 43.9 Å². The normalized spacial score (nSPS) is 14.8. The Morgan fingerprint density at radius 2 is 1.18 bits per heavy atom. The molecule has 1 radical (unpaired) electrons. The van der Waals surface area contributed by atoms with Crippen molar-refractivity contribution in [2.24, 2.45) is 0 Å². The predicted molar refractivity (Wildman–Crippen MR) is 75.3 cm³/mol. The summed E-state index contributed by atoms with van der Waals surface area (Å²) in [6.45, 7) is 0. The van der Waals surface area contributed by atoms with Gasteiger partial charge in [0.05, 0.1) is 0 Å². The largest absolute Gasteiger partial charge is 0.458 e. The monoisotopic (exact) mass is 419 g/mol. The van der Waals surface area contributed by atoms with Crippen LogP contribution in [0, 0.1) is 0 Å². The molecule has 0 N–H and O–H groups in total. The van der Waals surface area contributed by atoms with Gasteiger partial charge in [-0.15, -0.1) is 0 Å². The molecule has 28 heavy (non-hydrogen) atoms. The molecular formula is C17H9F10O. The molecule has 0 fully saturated rings. The first kappa shape index (κ1) is 22.0. The molecule has 11 heteroatoms. The Kier molecular flexibility index (Phi) is 5.45. The maximum Gasteiger partial charge on any atom is 0.458 e. The molecule has 153 valence electrons. The Labute approximate surface area is 151 Å². The van der Waals surface area contributed by atoms with Gasteiger partial charge in [0, 0.05) is 11.1 Å². The number of halogens is 10. The summed E-state index contributed by atoms with van der Waals surface area (Å²) in [5, 5.41) is 12.4. The molecule has 0 spiro atoms. The van der Waals surface area contributed by atoms with Crippen LogP contribution in [0.15, 0.2) is 48.5 Å². The fourth-order valence-electron chi connectivity index (χ4n) is 2.40. The summed E-state index contributed by atoms with van der Waals surface area (Å²) in [4.78, 5) is 0. The fourth-order valence-corrected chi connectivity index (χ4v) is 2.40. The summed E-state index contributed by atoms with van der Waals surface area (Å²) in [7, 11) is 0. The van der Waals surface area contributed by atoms with Crippen molar-refractivity contribution in [2.75, 3.05) is 0 Å². The van der Waals surface area contributed by atoms with E-state index in [4.69, 9.17) is 0 Å². The van der Waals surface area contributed by atoms with Crippen molar-refractivity contribution >= 4 is 0 Å². The van der Waals surface area contributed by atoms with Crippen LogP contribution >= 0.6 is 0 Å². The van der Waals surface area contributed by atoms with Crippen molar-refractivity contribution in [3.63, 3.8) is 0 Å². The van der Waals surface area contributed by atoms with E-state index >= 15 is 0 Å². The molecule has 1 unspecified atom stereocenters.